The summed E-state index contributed by atoms with van der Waals surface area (Å²) in [6.07, 6.45) is 49.5. The Morgan fingerprint density at radius 3 is 1.09 bits per heavy atom. The standard InChI is InChI=1S/C37H64N2O2SSi2.C33H61IO2Si2.C25H36N2O2S/c1-33(2,3)43(9,10)40-27-16-20-36(8)30-18-19-35(7)29(14-15-31(35)41-44(11,12)34(4,5)6)28(30)17-21-37(36,26-27)22-25-42-32-38-23-13-24-39-32;1-29(2,3)37(9,10)35-24-15-19-32(8)27-17-18-31(7)26(25(27)16-20-33(32,23-24)21-22-34)13-14-28(31)36-38(11,12)30(4,5)6;1-23-9-8-20-18(19(23)4-5-21(23)29)7-11-25(16-17(28)6-10-24(20,25)2)12-15-30-22-26-13-3-14-27-22/h13,18,23-24,27-29,31H,14-17,19-22,25-26H2,1-12H3;17,24-26,28H,13-16,18-23H2,1-12H3;3,8,13-14,17-19,21,28-29H,4-7,9-12,15-16H2,1-2H3/t27-,28?,29?,31-,35-,36+,37-;24-,25?,26?,28-,31-,32+,33-;17-,18?,19?,21-,23-,24+,25-/m000/s1. The number of alkyl halides is 1. The van der Waals surface area contributed by atoms with Crippen molar-refractivity contribution in [1.82, 2.24) is 19.9 Å². The minimum absolute atomic E-state index is 0.0687. The summed E-state index contributed by atoms with van der Waals surface area (Å²) in [6.45, 7) is 63.7. The van der Waals surface area contributed by atoms with Crippen molar-refractivity contribution in [2.45, 2.75) is 417 Å². The number of aliphatic hydroxyl groups excluding tert-OH is 2. The Morgan fingerprint density at radius 2 is 0.723 bits per heavy atom. The number of aromatic nitrogens is 4. The molecule has 9 saturated carbocycles. The molecule has 0 radical (unpaired) electrons. The van der Waals surface area contributed by atoms with Crippen molar-refractivity contribution in [3.05, 3.63) is 71.9 Å². The number of halogens is 1. The summed E-state index contributed by atoms with van der Waals surface area (Å²) >= 11 is 6.26. The quantitative estimate of drug-likeness (QED) is 0.0368. The zero-order valence-electron chi connectivity index (χ0n) is 75.8. The Balaban J connectivity index is 0.000000158. The molecule has 10 nitrogen and oxygen atoms in total. The number of fused-ring (bicyclic) bond motifs is 15. The molecule has 632 valence electrons. The fraction of sp³-hybridized carbons (Fsp3) is 0.853. The molecule has 0 aliphatic heterocycles. The molecular formula is C95H161IN4O6S2Si4. The van der Waals surface area contributed by atoms with Gasteiger partial charge in [0, 0.05) is 58.3 Å². The highest BCUT2D eigenvalue weighted by Gasteiger charge is 2.67. The second-order valence-corrected chi connectivity index (χ2v) is 69.0. The molecule has 0 aromatic carbocycles. The third-order valence-electron chi connectivity index (χ3n) is 37.2. The Labute approximate surface area is 711 Å². The van der Waals surface area contributed by atoms with E-state index in [4.69, 9.17) is 17.7 Å². The molecule has 0 saturated heterocycles. The van der Waals surface area contributed by atoms with Crippen LogP contribution < -0.4 is 0 Å². The number of hydrogen-bond acceptors (Lipinski definition) is 12. The predicted molar refractivity (Wildman–Crippen MR) is 490 cm³/mol. The molecule has 12 aliphatic carbocycles. The second kappa shape index (κ2) is 32.6. The maximum Gasteiger partial charge on any atom is 0.192 e. The van der Waals surface area contributed by atoms with Crippen LogP contribution >= 0.6 is 46.1 Å². The third kappa shape index (κ3) is 16.6. The zero-order chi connectivity index (χ0) is 82.0. The average molecular weight is 1760 g/mol. The SMILES string of the molecule is CC(C)(C)[Si](C)(C)O[C@H]1CC[C@]2(C)C3=CC[C@@]4(C)C(CC[C@@H]4O[Si](C)(C)C(C)(C)C)C3CC[C@]2(CCI)C1.CC(C)(C)[Si](C)(C)O[C@H]1CC[C@]2(C)C3=CC[C@@]4(C)C(CC[C@@H]4O[Si](C)(C)C(C)(C)C)C3CC[C@]2(CCSc2ncccn2)C1.C[C@]12CC=C3C(CC[C@]4(CCSc5ncccn5)C[C@@H](O)CC[C@]34C)C1CC[C@@H]2O. The molecule has 112 heavy (non-hydrogen) atoms. The van der Waals surface area contributed by atoms with Gasteiger partial charge >= 0.3 is 0 Å². The number of aliphatic hydroxyl groups is 2. The average Bonchev–Trinajstić information content (AvgIpc) is 1.32. The summed E-state index contributed by atoms with van der Waals surface area (Å²) in [5.41, 5.74) is 7.61. The first kappa shape index (κ1) is 90.7. The van der Waals surface area contributed by atoms with Gasteiger partial charge in [-0.2, -0.15) is 0 Å². The molecule has 2 aromatic heterocycles. The lowest BCUT2D eigenvalue weighted by Gasteiger charge is -2.63. The maximum atomic E-state index is 10.7. The van der Waals surface area contributed by atoms with Crippen LogP contribution in [0.3, 0.4) is 0 Å². The summed E-state index contributed by atoms with van der Waals surface area (Å²) < 4.78 is 30.0. The number of rotatable bonds is 18. The van der Waals surface area contributed by atoms with Crippen molar-refractivity contribution >= 4 is 79.4 Å². The minimum Gasteiger partial charge on any atom is -0.414 e. The first-order valence-electron chi connectivity index (χ1n) is 45.4. The van der Waals surface area contributed by atoms with Gasteiger partial charge in [0.15, 0.2) is 43.6 Å². The van der Waals surface area contributed by atoms with Crippen LogP contribution in [0.2, 0.25) is 72.5 Å². The topological polar surface area (TPSA) is 129 Å². The van der Waals surface area contributed by atoms with Gasteiger partial charge in [-0.05, 0) is 337 Å². The fourth-order valence-electron chi connectivity index (χ4n) is 25.8. The van der Waals surface area contributed by atoms with Crippen LogP contribution in [0, 0.1) is 84.2 Å². The van der Waals surface area contributed by atoms with Gasteiger partial charge in [0.1, 0.15) is 0 Å². The van der Waals surface area contributed by atoms with Crippen LogP contribution in [-0.2, 0) is 17.7 Å². The Morgan fingerprint density at radius 1 is 0.402 bits per heavy atom. The number of thioether (sulfide) groups is 2. The molecule has 6 unspecified atom stereocenters. The Bertz CT molecular complexity index is 3690. The molecule has 0 spiro atoms. The van der Waals surface area contributed by atoms with Crippen molar-refractivity contribution in [2.75, 3.05) is 15.9 Å². The van der Waals surface area contributed by atoms with Gasteiger partial charge < -0.3 is 27.9 Å². The van der Waals surface area contributed by atoms with Gasteiger partial charge in [0.2, 0.25) is 0 Å². The molecular weight excluding hydrogens is 1600 g/mol. The largest absolute Gasteiger partial charge is 0.414 e. The summed E-state index contributed by atoms with van der Waals surface area (Å²) in [6, 6.07) is 3.78. The lowest BCUT2D eigenvalue weighted by molar-refractivity contribution is -0.0866. The maximum absolute atomic E-state index is 10.7. The Kier molecular flexibility index (Phi) is 26.4. The van der Waals surface area contributed by atoms with E-state index < -0.39 is 33.3 Å². The number of nitrogens with zero attached hydrogens (tertiary/aromatic N) is 4. The number of allylic oxidation sites excluding steroid dienone is 6. The lowest BCUT2D eigenvalue weighted by atomic mass is 9.42. The van der Waals surface area contributed by atoms with Gasteiger partial charge in [-0.25, -0.2) is 19.9 Å². The molecule has 2 N–H and O–H groups in total. The van der Waals surface area contributed by atoms with E-state index in [9.17, 15) is 10.2 Å². The monoisotopic (exact) mass is 1760 g/mol. The zero-order valence-corrected chi connectivity index (χ0v) is 83.6. The highest BCUT2D eigenvalue weighted by Crippen LogP contribution is 2.74. The Hall–Kier alpha value is -0.562. The van der Waals surface area contributed by atoms with Crippen molar-refractivity contribution in [1.29, 1.82) is 0 Å². The van der Waals surface area contributed by atoms with Crippen molar-refractivity contribution in [3.63, 3.8) is 0 Å². The fourth-order valence-corrected chi connectivity index (χ4v) is 34.4. The van der Waals surface area contributed by atoms with Crippen LogP contribution in [-0.4, -0.2) is 116 Å². The normalized spacial score (nSPS) is 40.1. The van der Waals surface area contributed by atoms with E-state index >= 15 is 0 Å². The van der Waals surface area contributed by atoms with Crippen molar-refractivity contribution < 1.29 is 27.9 Å². The van der Waals surface area contributed by atoms with E-state index in [2.05, 4.69) is 238 Å². The first-order chi connectivity index (χ1) is 51.9. The van der Waals surface area contributed by atoms with E-state index in [1.54, 1.807) is 17.3 Å². The minimum atomic E-state index is -1.84. The van der Waals surface area contributed by atoms with Gasteiger partial charge in [0.05, 0.1) is 24.4 Å². The molecule has 14 rings (SSSR count). The van der Waals surface area contributed by atoms with Gasteiger partial charge in [-0.3, -0.25) is 0 Å². The summed E-state index contributed by atoms with van der Waals surface area (Å²) in [5.74, 6) is 6.36. The second-order valence-electron chi connectivity index (χ2n) is 46.8. The smallest absolute Gasteiger partial charge is 0.192 e. The van der Waals surface area contributed by atoms with Crippen LogP contribution in [0.15, 0.2) is 82.2 Å². The summed E-state index contributed by atoms with van der Waals surface area (Å²) in [7, 11) is -7.20. The molecule has 2 aromatic rings. The molecule has 12 aliphatic rings. The predicted octanol–water partition coefficient (Wildman–Crippen LogP) is 27.0. The van der Waals surface area contributed by atoms with E-state index in [-0.39, 0.29) is 64.9 Å². The third-order valence-corrected chi connectivity index (χ3v) is 57.6. The van der Waals surface area contributed by atoms with Crippen LogP contribution in [0.25, 0.3) is 0 Å². The van der Waals surface area contributed by atoms with E-state index in [1.807, 2.05) is 59.8 Å². The van der Waals surface area contributed by atoms with Crippen molar-refractivity contribution in [2.24, 2.45) is 84.2 Å². The van der Waals surface area contributed by atoms with Gasteiger partial charge in [-0.1, -0.05) is 206 Å². The highest BCUT2D eigenvalue weighted by atomic mass is 127. The molecule has 17 heteroatoms. The van der Waals surface area contributed by atoms with Crippen LogP contribution in [0.5, 0.6) is 0 Å². The summed E-state index contributed by atoms with van der Waals surface area (Å²) in [5, 5.41) is 24.2. The van der Waals surface area contributed by atoms with E-state index in [0.29, 0.717) is 58.4 Å². The van der Waals surface area contributed by atoms with Crippen LogP contribution in [0.4, 0.5) is 0 Å². The van der Waals surface area contributed by atoms with E-state index in [0.717, 1.165) is 78.1 Å². The first-order valence-corrected chi connectivity index (χ1v) is 60.5. The van der Waals surface area contributed by atoms with Gasteiger partial charge in [0.25, 0.3) is 0 Å². The van der Waals surface area contributed by atoms with Gasteiger partial charge in [-0.15, -0.1) is 0 Å². The molecule has 0 amide bonds. The van der Waals surface area contributed by atoms with E-state index in [1.165, 1.54) is 139 Å². The molecule has 2 heterocycles. The highest BCUT2D eigenvalue weighted by molar-refractivity contribution is 14.1. The molecule has 9 fully saturated rings. The molecule has 21 atom stereocenters. The lowest BCUT2D eigenvalue weighted by Crippen LogP contribution is -2.57. The summed E-state index contributed by atoms with van der Waals surface area (Å²) in [4.78, 5) is 17.8. The number of hydrogen-bond donors (Lipinski definition) is 2. The molecule has 0 bridgehead atoms. The van der Waals surface area contributed by atoms with Crippen LogP contribution in [0.1, 0.15) is 298 Å². The van der Waals surface area contributed by atoms with Crippen molar-refractivity contribution in [3.8, 4) is 0 Å².